The number of thioether (sulfide) groups is 1. The molecule has 0 bridgehead atoms. The first-order chi connectivity index (χ1) is 9.47. The fraction of sp³-hybridized carbons (Fsp3) is 0.588. The largest absolute Gasteiger partial charge is 0.326 e. The van der Waals surface area contributed by atoms with E-state index >= 15 is 0 Å². The van der Waals surface area contributed by atoms with Crippen LogP contribution >= 0.6 is 11.8 Å². The third kappa shape index (κ3) is 9.03. The number of amides is 1. The SMILES string of the molecule is CC(C)(C)SCCCCCCC(=O)Nc1ccccc1. The Balaban J connectivity index is 2.00. The third-order valence-electron chi connectivity index (χ3n) is 2.89. The zero-order valence-electron chi connectivity index (χ0n) is 12.9. The molecule has 0 fully saturated rings. The standard InChI is InChI=1S/C17H27NOS/c1-17(2,3)20-14-10-5-4-9-13-16(19)18-15-11-7-6-8-12-15/h6-8,11-12H,4-5,9-10,13-14H2,1-3H3,(H,18,19). The van der Waals surface area contributed by atoms with Gasteiger partial charge in [-0.1, -0.05) is 51.8 Å². The van der Waals surface area contributed by atoms with Crippen LogP contribution in [0, 0.1) is 0 Å². The summed E-state index contributed by atoms with van der Waals surface area (Å²) in [6.07, 6.45) is 5.23. The lowest BCUT2D eigenvalue weighted by Crippen LogP contribution is -2.10. The zero-order chi connectivity index (χ0) is 14.8. The highest BCUT2D eigenvalue weighted by Gasteiger charge is 2.09. The van der Waals surface area contributed by atoms with Gasteiger partial charge in [-0.15, -0.1) is 0 Å². The van der Waals surface area contributed by atoms with Crippen molar-refractivity contribution in [2.75, 3.05) is 11.1 Å². The van der Waals surface area contributed by atoms with E-state index in [1.54, 1.807) is 0 Å². The number of anilines is 1. The van der Waals surface area contributed by atoms with Crippen LogP contribution in [0.25, 0.3) is 0 Å². The van der Waals surface area contributed by atoms with Crippen molar-refractivity contribution < 1.29 is 4.79 Å². The molecule has 0 aliphatic rings. The monoisotopic (exact) mass is 293 g/mol. The number of nitrogens with one attached hydrogen (secondary N) is 1. The van der Waals surface area contributed by atoms with Crippen LogP contribution in [0.2, 0.25) is 0 Å². The van der Waals surface area contributed by atoms with Crippen molar-refractivity contribution in [3.8, 4) is 0 Å². The molecule has 20 heavy (non-hydrogen) atoms. The molecule has 0 saturated heterocycles. The lowest BCUT2D eigenvalue weighted by atomic mass is 10.1. The molecule has 0 heterocycles. The molecule has 0 aliphatic heterocycles. The summed E-state index contributed by atoms with van der Waals surface area (Å²) in [5.74, 6) is 1.35. The van der Waals surface area contributed by atoms with Crippen LogP contribution in [0.4, 0.5) is 5.69 Å². The van der Waals surface area contributed by atoms with E-state index in [-0.39, 0.29) is 5.91 Å². The molecule has 1 aromatic rings. The topological polar surface area (TPSA) is 29.1 Å². The molecular weight excluding hydrogens is 266 g/mol. The molecule has 0 unspecified atom stereocenters. The number of para-hydroxylation sites is 1. The maximum Gasteiger partial charge on any atom is 0.224 e. The molecule has 1 N–H and O–H groups in total. The predicted octanol–water partition coefficient (Wildman–Crippen LogP) is 5.11. The molecule has 0 radical (unpaired) electrons. The van der Waals surface area contributed by atoms with E-state index in [9.17, 15) is 4.79 Å². The second-order valence-electron chi connectivity index (χ2n) is 6.04. The van der Waals surface area contributed by atoms with Crippen molar-refractivity contribution >= 4 is 23.4 Å². The Labute approximate surface area is 127 Å². The van der Waals surface area contributed by atoms with Crippen molar-refractivity contribution in [1.82, 2.24) is 0 Å². The molecule has 0 aromatic heterocycles. The number of rotatable bonds is 8. The highest BCUT2D eigenvalue weighted by Crippen LogP contribution is 2.24. The van der Waals surface area contributed by atoms with Crippen molar-refractivity contribution in [3.63, 3.8) is 0 Å². The average Bonchev–Trinajstić information content (AvgIpc) is 2.37. The Morgan fingerprint density at radius 3 is 2.35 bits per heavy atom. The van der Waals surface area contributed by atoms with Gasteiger partial charge in [-0.3, -0.25) is 4.79 Å². The first-order valence-corrected chi connectivity index (χ1v) is 8.45. The maximum absolute atomic E-state index is 11.7. The molecule has 0 aliphatic carbocycles. The van der Waals surface area contributed by atoms with Gasteiger partial charge in [0.15, 0.2) is 0 Å². The molecule has 0 saturated carbocycles. The number of unbranched alkanes of at least 4 members (excludes halogenated alkanes) is 3. The van der Waals surface area contributed by atoms with Crippen LogP contribution in [0.3, 0.4) is 0 Å². The molecule has 0 atom stereocenters. The van der Waals surface area contributed by atoms with E-state index in [1.165, 1.54) is 18.6 Å². The predicted molar refractivity (Wildman–Crippen MR) is 90.4 cm³/mol. The molecule has 3 heteroatoms. The second-order valence-corrected chi connectivity index (χ2v) is 7.96. The van der Waals surface area contributed by atoms with Crippen LogP contribution in [-0.2, 0) is 4.79 Å². The van der Waals surface area contributed by atoms with Gasteiger partial charge in [0.2, 0.25) is 5.91 Å². The highest BCUT2D eigenvalue weighted by atomic mass is 32.2. The van der Waals surface area contributed by atoms with Gasteiger partial charge in [-0.2, -0.15) is 11.8 Å². The van der Waals surface area contributed by atoms with Crippen LogP contribution in [-0.4, -0.2) is 16.4 Å². The Morgan fingerprint density at radius 1 is 1.05 bits per heavy atom. The summed E-state index contributed by atoms with van der Waals surface area (Å²) >= 11 is 2.02. The molecule has 2 nitrogen and oxygen atoms in total. The van der Waals surface area contributed by atoms with E-state index in [0.29, 0.717) is 11.2 Å². The summed E-state index contributed by atoms with van der Waals surface area (Å²) < 4.78 is 0.371. The van der Waals surface area contributed by atoms with Crippen LogP contribution < -0.4 is 5.32 Å². The molecular formula is C17H27NOS. The van der Waals surface area contributed by atoms with Gasteiger partial charge in [0.25, 0.3) is 0 Å². The zero-order valence-corrected chi connectivity index (χ0v) is 13.8. The van der Waals surface area contributed by atoms with Crippen molar-refractivity contribution in [2.24, 2.45) is 0 Å². The van der Waals surface area contributed by atoms with Gasteiger partial charge in [-0.05, 0) is 30.7 Å². The Morgan fingerprint density at radius 2 is 1.70 bits per heavy atom. The summed E-state index contributed by atoms with van der Waals surface area (Å²) in [5, 5.41) is 2.92. The normalized spacial score (nSPS) is 11.3. The van der Waals surface area contributed by atoms with Crippen LogP contribution in [0.5, 0.6) is 0 Å². The number of benzene rings is 1. The van der Waals surface area contributed by atoms with E-state index in [2.05, 4.69) is 26.1 Å². The van der Waals surface area contributed by atoms with E-state index < -0.39 is 0 Å². The highest BCUT2D eigenvalue weighted by molar-refractivity contribution is 8.00. The average molecular weight is 293 g/mol. The first-order valence-electron chi connectivity index (χ1n) is 7.46. The summed E-state index contributed by atoms with van der Waals surface area (Å²) in [4.78, 5) is 11.7. The van der Waals surface area contributed by atoms with Gasteiger partial charge in [0, 0.05) is 16.9 Å². The minimum absolute atomic E-state index is 0.125. The van der Waals surface area contributed by atoms with Gasteiger partial charge < -0.3 is 5.32 Å². The van der Waals surface area contributed by atoms with E-state index in [1.807, 2.05) is 42.1 Å². The molecule has 112 valence electrons. The molecule has 1 amide bonds. The van der Waals surface area contributed by atoms with Gasteiger partial charge in [0.1, 0.15) is 0 Å². The summed E-state index contributed by atoms with van der Waals surface area (Å²) in [7, 11) is 0. The van der Waals surface area contributed by atoms with Gasteiger partial charge in [-0.25, -0.2) is 0 Å². The van der Waals surface area contributed by atoms with Crippen LogP contribution in [0.1, 0.15) is 52.9 Å². The van der Waals surface area contributed by atoms with E-state index in [0.717, 1.165) is 18.5 Å². The van der Waals surface area contributed by atoms with Gasteiger partial charge >= 0.3 is 0 Å². The summed E-state index contributed by atoms with van der Waals surface area (Å²) in [6.45, 7) is 6.77. The smallest absolute Gasteiger partial charge is 0.224 e. The number of carbonyl (C=O) groups excluding carboxylic acids is 1. The quantitative estimate of drug-likeness (QED) is 0.675. The summed E-state index contributed by atoms with van der Waals surface area (Å²) in [5.41, 5.74) is 0.888. The molecule has 0 spiro atoms. The lowest BCUT2D eigenvalue weighted by Gasteiger charge is -2.17. The number of hydrogen-bond donors (Lipinski definition) is 1. The molecule has 1 rings (SSSR count). The fourth-order valence-electron chi connectivity index (χ4n) is 1.86. The minimum atomic E-state index is 0.125. The third-order valence-corrected chi connectivity index (χ3v) is 4.25. The Hall–Kier alpha value is -0.960. The maximum atomic E-state index is 11.7. The minimum Gasteiger partial charge on any atom is -0.326 e. The first kappa shape index (κ1) is 17.1. The van der Waals surface area contributed by atoms with Crippen molar-refractivity contribution in [2.45, 2.75) is 57.6 Å². The fourth-order valence-corrected chi connectivity index (χ4v) is 2.83. The van der Waals surface area contributed by atoms with Crippen LogP contribution in [0.15, 0.2) is 30.3 Å². The molecule has 1 aromatic carbocycles. The van der Waals surface area contributed by atoms with Crippen molar-refractivity contribution in [3.05, 3.63) is 30.3 Å². The second kappa shape index (κ2) is 9.06. The van der Waals surface area contributed by atoms with Gasteiger partial charge in [0.05, 0.1) is 0 Å². The number of hydrogen-bond acceptors (Lipinski definition) is 2. The lowest BCUT2D eigenvalue weighted by molar-refractivity contribution is -0.116. The number of carbonyl (C=O) groups is 1. The van der Waals surface area contributed by atoms with E-state index in [4.69, 9.17) is 0 Å². The Bertz CT molecular complexity index is 384. The Kier molecular flexibility index (Phi) is 7.75. The summed E-state index contributed by atoms with van der Waals surface area (Å²) in [6, 6.07) is 9.65. The van der Waals surface area contributed by atoms with Crippen molar-refractivity contribution in [1.29, 1.82) is 0 Å².